The van der Waals surface area contributed by atoms with Crippen molar-refractivity contribution in [3.63, 3.8) is 0 Å². The quantitative estimate of drug-likeness (QED) is 0.121. The van der Waals surface area contributed by atoms with Crippen LogP contribution in [0.5, 0.6) is 0 Å². The molecule has 6 aromatic heterocycles. The Kier molecular flexibility index (Phi) is 14.0. The van der Waals surface area contributed by atoms with Crippen molar-refractivity contribution < 1.29 is 0 Å². The molecule has 494 valence electrons. The molecule has 21 aromatic rings. The lowest BCUT2D eigenvalue weighted by Crippen LogP contribution is -2.02. The highest BCUT2D eigenvalue weighted by Gasteiger charge is 2.27. The second-order valence-corrected chi connectivity index (χ2v) is 26.9. The summed E-state index contributed by atoms with van der Waals surface area (Å²) in [7, 11) is 0. The van der Waals surface area contributed by atoms with E-state index in [2.05, 4.69) is 309 Å². The van der Waals surface area contributed by atoms with E-state index in [-0.39, 0.29) is 0 Å². The first-order valence-electron chi connectivity index (χ1n) is 35.8. The van der Waals surface area contributed by atoms with Crippen molar-refractivity contribution in [3.8, 4) is 113 Å². The Bertz CT molecular complexity index is 6510. The maximum atomic E-state index is 5.37. The van der Waals surface area contributed by atoms with E-state index in [0.717, 1.165) is 144 Å². The van der Waals surface area contributed by atoms with Crippen molar-refractivity contribution in [2.75, 3.05) is 0 Å². The molecule has 0 amide bonds. The Morgan fingerprint density at radius 1 is 0.170 bits per heavy atom. The van der Waals surface area contributed by atoms with Crippen LogP contribution < -0.4 is 0 Å². The molecule has 0 N–H and O–H groups in total. The molecular formula is C96H60N10. The molecule has 0 aliphatic heterocycles. The van der Waals surface area contributed by atoms with Gasteiger partial charge in [-0.15, -0.1) is 0 Å². The van der Waals surface area contributed by atoms with Gasteiger partial charge >= 0.3 is 0 Å². The molecule has 0 radical (unpaired) electrons. The van der Waals surface area contributed by atoms with Gasteiger partial charge in [0.1, 0.15) is 0 Å². The smallest absolute Gasteiger partial charge is 0.164 e. The van der Waals surface area contributed by atoms with Crippen molar-refractivity contribution in [3.05, 3.63) is 364 Å². The van der Waals surface area contributed by atoms with Gasteiger partial charge in [-0.2, -0.15) is 0 Å². The number of rotatable bonds is 12. The topological polar surface area (TPSA) is 97.1 Å². The van der Waals surface area contributed by atoms with E-state index < -0.39 is 0 Å². The minimum Gasteiger partial charge on any atom is -0.309 e. The molecule has 0 spiro atoms. The predicted octanol–water partition coefficient (Wildman–Crippen LogP) is 23.8. The fraction of sp³-hybridized carbons (Fsp3) is 0. The van der Waals surface area contributed by atoms with Crippen molar-refractivity contribution in [2.24, 2.45) is 0 Å². The molecule has 0 unspecified atom stereocenters. The van der Waals surface area contributed by atoms with Gasteiger partial charge in [-0.1, -0.05) is 261 Å². The molecule has 0 saturated carbocycles. The van der Waals surface area contributed by atoms with Gasteiger partial charge in [-0.05, 0) is 114 Å². The molecule has 0 saturated heterocycles. The van der Waals surface area contributed by atoms with Gasteiger partial charge in [-0.25, -0.2) is 29.9 Å². The number of hydrogen-bond acceptors (Lipinski definition) is 6. The van der Waals surface area contributed by atoms with Gasteiger partial charge in [0.2, 0.25) is 0 Å². The summed E-state index contributed by atoms with van der Waals surface area (Å²) < 4.78 is 9.83. The molecule has 106 heavy (non-hydrogen) atoms. The normalized spacial score (nSPS) is 11.8. The second kappa shape index (κ2) is 24.7. The molecule has 21 rings (SSSR count). The van der Waals surface area contributed by atoms with Gasteiger partial charge in [0.05, 0.1) is 55.5 Å². The van der Waals surface area contributed by atoms with Gasteiger partial charge in [0.25, 0.3) is 0 Å². The second-order valence-electron chi connectivity index (χ2n) is 26.9. The van der Waals surface area contributed by atoms with Crippen LogP contribution in [0.3, 0.4) is 0 Å². The standard InChI is InChI=1S/C96H60N10/c1-7-28-61(29-8-1)91-97-92(62-30-9-2-10-31-62)100-95(99-91)67-50-54-83(105-81-48-25-21-44-75(81)87-85(105)56-52-73-71-42-19-23-46-79(71)103(89(73)87)69-38-15-5-16-39-69)77(59-67)65-36-27-37-66(58-65)78-60-68(96-101-93(63-32-11-3-12-33-63)98-94(102-96)64-34-13-4-14-35-64)51-55-84(78)106-82-49-26-22-45-76(82)88-86(106)57-53-74-72-43-20-24-47-80(72)104(90(74)88)70-40-17-6-18-41-70/h1-60H. The zero-order valence-electron chi connectivity index (χ0n) is 57.1. The summed E-state index contributed by atoms with van der Waals surface area (Å²) in [6.07, 6.45) is 0. The lowest BCUT2D eigenvalue weighted by atomic mass is 9.94. The zero-order valence-corrected chi connectivity index (χ0v) is 57.1. The van der Waals surface area contributed by atoms with E-state index >= 15 is 0 Å². The number of aromatic nitrogens is 10. The highest BCUT2D eigenvalue weighted by molar-refractivity contribution is 6.28. The Labute approximate surface area is 609 Å². The van der Waals surface area contributed by atoms with Crippen LogP contribution in [0.1, 0.15) is 0 Å². The highest BCUT2D eigenvalue weighted by Crippen LogP contribution is 2.48. The lowest BCUT2D eigenvalue weighted by molar-refractivity contribution is 1.07. The summed E-state index contributed by atoms with van der Waals surface area (Å²) in [6.45, 7) is 0. The van der Waals surface area contributed by atoms with Gasteiger partial charge in [0, 0.05) is 99.0 Å². The fourth-order valence-corrected chi connectivity index (χ4v) is 16.2. The van der Waals surface area contributed by atoms with Crippen molar-refractivity contribution in [1.82, 2.24) is 48.2 Å². The molecule has 0 aliphatic rings. The molecule has 15 aromatic carbocycles. The van der Waals surface area contributed by atoms with Crippen LogP contribution in [-0.4, -0.2) is 48.2 Å². The SMILES string of the molecule is c1ccc(-c2nc(-c3ccccc3)nc(-c3ccc(-n4c5ccccc5c5c4ccc4c6ccccc6n(-c6ccccc6)c45)c(-c4cccc(-c5cc(-c6nc(-c7ccccc7)nc(-c7ccccc7)n6)ccc5-n5c6ccccc6c6c5ccc5c7ccccc7n(-c7ccccc7)c56)c4)c3)n2)cc1. The first kappa shape index (κ1) is 60.3. The van der Waals surface area contributed by atoms with Crippen molar-refractivity contribution in [1.29, 1.82) is 0 Å². The Balaban J connectivity index is 0.847. The van der Waals surface area contributed by atoms with Crippen LogP contribution in [0.25, 0.3) is 201 Å². The molecular weight excluding hydrogens is 1290 g/mol. The predicted molar refractivity (Wildman–Crippen MR) is 434 cm³/mol. The average molecular weight is 1350 g/mol. The fourth-order valence-electron chi connectivity index (χ4n) is 16.2. The van der Waals surface area contributed by atoms with E-state index in [1.165, 1.54) is 21.5 Å². The van der Waals surface area contributed by atoms with Crippen molar-refractivity contribution >= 4 is 87.2 Å². The van der Waals surface area contributed by atoms with Crippen LogP contribution in [-0.2, 0) is 0 Å². The van der Waals surface area contributed by atoms with Gasteiger partial charge in [0.15, 0.2) is 34.9 Å². The first-order chi connectivity index (χ1) is 52.6. The van der Waals surface area contributed by atoms with E-state index in [1.54, 1.807) is 0 Å². The third-order valence-corrected chi connectivity index (χ3v) is 20.8. The van der Waals surface area contributed by atoms with Crippen molar-refractivity contribution in [2.45, 2.75) is 0 Å². The first-order valence-corrected chi connectivity index (χ1v) is 35.8. The summed E-state index contributed by atoms with van der Waals surface area (Å²) in [6, 6.07) is 129. The molecule has 0 fully saturated rings. The van der Waals surface area contributed by atoms with E-state index in [4.69, 9.17) is 29.9 Å². The number of benzene rings is 15. The van der Waals surface area contributed by atoms with Crippen LogP contribution >= 0.6 is 0 Å². The molecule has 10 heteroatoms. The van der Waals surface area contributed by atoms with E-state index in [1.807, 2.05) is 72.8 Å². The molecule has 6 heterocycles. The number of nitrogens with zero attached hydrogens (tertiary/aromatic N) is 10. The maximum Gasteiger partial charge on any atom is 0.164 e. The summed E-state index contributed by atoms with van der Waals surface area (Å²) in [5.41, 5.74) is 22.2. The summed E-state index contributed by atoms with van der Waals surface area (Å²) >= 11 is 0. The number of para-hydroxylation sites is 6. The summed E-state index contributed by atoms with van der Waals surface area (Å²) in [5, 5.41) is 9.36. The molecule has 10 nitrogen and oxygen atoms in total. The van der Waals surface area contributed by atoms with Gasteiger partial charge in [-0.3, -0.25) is 0 Å². The third kappa shape index (κ3) is 9.80. The number of fused-ring (bicyclic) bond motifs is 14. The van der Waals surface area contributed by atoms with Crippen LogP contribution in [0.4, 0.5) is 0 Å². The minimum atomic E-state index is 0.553. The summed E-state index contributed by atoms with van der Waals surface area (Å²) in [5.74, 6) is 3.45. The van der Waals surface area contributed by atoms with E-state index in [9.17, 15) is 0 Å². The minimum absolute atomic E-state index is 0.553. The molecule has 0 atom stereocenters. The van der Waals surface area contributed by atoms with Crippen LogP contribution in [0.15, 0.2) is 364 Å². The Hall–Kier alpha value is -14.5. The Morgan fingerprint density at radius 3 is 0.802 bits per heavy atom. The van der Waals surface area contributed by atoms with E-state index in [0.29, 0.717) is 34.9 Å². The number of hydrogen-bond donors (Lipinski definition) is 0. The molecule has 0 bridgehead atoms. The van der Waals surface area contributed by atoms with Crippen LogP contribution in [0, 0.1) is 0 Å². The summed E-state index contributed by atoms with van der Waals surface area (Å²) in [4.78, 5) is 31.8. The Morgan fingerprint density at radius 2 is 0.453 bits per heavy atom. The lowest BCUT2D eigenvalue weighted by Gasteiger charge is -2.19. The largest absolute Gasteiger partial charge is 0.309 e. The van der Waals surface area contributed by atoms with Crippen LogP contribution in [0.2, 0.25) is 0 Å². The average Bonchev–Trinajstić information content (AvgIpc) is 1.55. The zero-order chi connectivity index (χ0) is 69.8. The monoisotopic (exact) mass is 1350 g/mol. The van der Waals surface area contributed by atoms with Gasteiger partial charge < -0.3 is 18.3 Å². The molecule has 0 aliphatic carbocycles. The maximum absolute atomic E-state index is 5.37. The highest BCUT2D eigenvalue weighted by atomic mass is 15.1. The third-order valence-electron chi connectivity index (χ3n) is 20.8.